The second-order valence-corrected chi connectivity index (χ2v) is 6.61. The van der Waals surface area contributed by atoms with Gasteiger partial charge >= 0.3 is 0 Å². The smallest absolute Gasteiger partial charge is 0.203 e. The minimum absolute atomic E-state index is 0.476. The van der Waals surface area contributed by atoms with Gasteiger partial charge in [-0.1, -0.05) is 6.92 Å². The largest absolute Gasteiger partial charge is 0.493 e. The van der Waals surface area contributed by atoms with Crippen LogP contribution in [0.25, 0.3) is 0 Å². The first-order chi connectivity index (χ1) is 13.1. The zero-order chi connectivity index (χ0) is 19.6. The molecule has 1 heterocycles. The van der Waals surface area contributed by atoms with E-state index in [4.69, 9.17) is 14.2 Å². The van der Waals surface area contributed by atoms with E-state index in [0.717, 1.165) is 35.2 Å². The van der Waals surface area contributed by atoms with Gasteiger partial charge in [0.25, 0.3) is 0 Å². The second-order valence-electron chi connectivity index (χ2n) is 5.67. The molecule has 0 aliphatic rings. The molecule has 0 unspecified atom stereocenters. The number of hydrogen-bond donors (Lipinski definition) is 2. The zero-order valence-corrected chi connectivity index (χ0v) is 17.4. The third kappa shape index (κ3) is 5.75. The highest BCUT2D eigenvalue weighted by atomic mass is 32.1. The normalized spacial score (nSPS) is 11.2. The van der Waals surface area contributed by atoms with E-state index in [2.05, 4.69) is 32.9 Å². The first-order valence-corrected chi connectivity index (χ1v) is 9.77. The van der Waals surface area contributed by atoms with Gasteiger partial charge in [-0.25, -0.2) is 9.98 Å². The van der Waals surface area contributed by atoms with Crippen LogP contribution in [0.15, 0.2) is 22.5 Å². The number of aliphatic imine (C=N–C) groups is 1. The quantitative estimate of drug-likeness (QED) is 0.505. The van der Waals surface area contributed by atoms with Gasteiger partial charge in [0.2, 0.25) is 5.75 Å². The van der Waals surface area contributed by atoms with Gasteiger partial charge in [-0.15, -0.1) is 11.3 Å². The van der Waals surface area contributed by atoms with Gasteiger partial charge in [0, 0.05) is 11.9 Å². The van der Waals surface area contributed by atoms with Crippen LogP contribution in [0, 0.1) is 0 Å². The van der Waals surface area contributed by atoms with Crippen molar-refractivity contribution in [3.8, 4) is 17.2 Å². The predicted molar refractivity (Wildman–Crippen MR) is 109 cm³/mol. The molecule has 0 aliphatic heterocycles. The number of thiazole rings is 1. The van der Waals surface area contributed by atoms with Gasteiger partial charge in [-0.3, -0.25) is 0 Å². The third-order valence-corrected chi connectivity index (χ3v) is 4.87. The van der Waals surface area contributed by atoms with Crippen LogP contribution < -0.4 is 24.8 Å². The van der Waals surface area contributed by atoms with Crippen LogP contribution in [0.5, 0.6) is 17.2 Å². The Bertz CT molecular complexity index is 736. The molecule has 148 valence electrons. The molecule has 1 aromatic heterocycles. The number of aromatic nitrogens is 1. The van der Waals surface area contributed by atoms with Crippen LogP contribution in [0.2, 0.25) is 0 Å². The van der Waals surface area contributed by atoms with Crippen LogP contribution in [-0.2, 0) is 19.5 Å². The molecule has 1 aromatic carbocycles. The number of guanidine groups is 1. The Morgan fingerprint density at radius 1 is 1.07 bits per heavy atom. The summed E-state index contributed by atoms with van der Waals surface area (Å²) in [6.07, 6.45) is 0.958. The average Bonchev–Trinajstić information content (AvgIpc) is 3.17. The Labute approximate surface area is 164 Å². The second kappa shape index (κ2) is 10.6. The van der Waals surface area contributed by atoms with Crippen molar-refractivity contribution >= 4 is 17.3 Å². The summed E-state index contributed by atoms with van der Waals surface area (Å²) in [5.74, 6) is 2.55. The van der Waals surface area contributed by atoms with E-state index in [9.17, 15) is 0 Å². The maximum absolute atomic E-state index is 5.40. The third-order valence-electron chi connectivity index (χ3n) is 3.83. The van der Waals surface area contributed by atoms with Crippen molar-refractivity contribution in [3.63, 3.8) is 0 Å². The van der Waals surface area contributed by atoms with Crippen molar-refractivity contribution in [3.05, 3.63) is 33.8 Å². The molecule has 0 bridgehead atoms. The van der Waals surface area contributed by atoms with Gasteiger partial charge < -0.3 is 24.8 Å². The number of ether oxygens (including phenoxy) is 3. The monoisotopic (exact) mass is 392 g/mol. The molecule has 0 fully saturated rings. The minimum Gasteiger partial charge on any atom is -0.493 e. The first-order valence-electron chi connectivity index (χ1n) is 8.89. The molecular formula is C19H28N4O3S. The van der Waals surface area contributed by atoms with E-state index in [1.165, 1.54) is 0 Å². The number of methoxy groups -OCH3 is 3. The SMILES string of the molecule is CCNC(=NCc1cc(OC)c(OC)c(OC)c1)NCc1csc(CC)n1. The Hall–Kier alpha value is -2.48. The summed E-state index contributed by atoms with van der Waals surface area (Å²) in [7, 11) is 4.80. The molecule has 0 atom stereocenters. The maximum atomic E-state index is 5.40. The van der Waals surface area contributed by atoms with Crippen molar-refractivity contribution in [2.24, 2.45) is 4.99 Å². The zero-order valence-electron chi connectivity index (χ0n) is 16.6. The standard InChI is InChI=1S/C19H28N4O3S/c1-6-17-23-14(12-27-17)11-22-19(20-7-2)21-10-13-8-15(24-3)18(26-5)16(9-13)25-4/h8-9,12H,6-7,10-11H2,1-5H3,(H2,20,21,22). The predicted octanol–water partition coefficient (Wildman–Crippen LogP) is 2.99. The number of rotatable bonds is 9. The van der Waals surface area contributed by atoms with Crippen molar-refractivity contribution in [2.75, 3.05) is 27.9 Å². The summed E-state index contributed by atoms with van der Waals surface area (Å²) < 4.78 is 16.2. The van der Waals surface area contributed by atoms with Crippen LogP contribution in [-0.4, -0.2) is 38.8 Å². The lowest BCUT2D eigenvalue weighted by Gasteiger charge is -2.14. The van der Waals surface area contributed by atoms with Gasteiger partial charge in [-0.2, -0.15) is 0 Å². The molecule has 2 rings (SSSR count). The van der Waals surface area contributed by atoms with Crippen molar-refractivity contribution in [2.45, 2.75) is 33.4 Å². The number of benzene rings is 1. The molecule has 7 nitrogen and oxygen atoms in total. The summed E-state index contributed by atoms with van der Waals surface area (Å²) >= 11 is 1.69. The lowest BCUT2D eigenvalue weighted by atomic mass is 10.2. The van der Waals surface area contributed by atoms with Gasteiger partial charge in [0.05, 0.1) is 45.1 Å². The summed E-state index contributed by atoms with van der Waals surface area (Å²) in [5.41, 5.74) is 1.99. The number of nitrogens with one attached hydrogen (secondary N) is 2. The minimum atomic E-state index is 0.476. The molecule has 0 radical (unpaired) electrons. The van der Waals surface area contributed by atoms with Crippen LogP contribution in [0.4, 0.5) is 0 Å². The van der Waals surface area contributed by atoms with Crippen molar-refractivity contribution in [1.29, 1.82) is 0 Å². The molecule has 0 saturated heterocycles. The summed E-state index contributed by atoms with van der Waals surface area (Å²) in [6.45, 7) is 6.03. The number of nitrogens with zero attached hydrogens (tertiary/aromatic N) is 2. The van der Waals surface area contributed by atoms with Gasteiger partial charge in [0.1, 0.15) is 0 Å². The Kier molecular flexibility index (Phi) is 8.19. The molecule has 2 N–H and O–H groups in total. The topological polar surface area (TPSA) is 77.0 Å². The van der Waals surface area contributed by atoms with E-state index >= 15 is 0 Å². The van der Waals surface area contributed by atoms with E-state index in [1.54, 1.807) is 32.7 Å². The summed E-state index contributed by atoms with van der Waals surface area (Å²) in [4.78, 5) is 9.22. The molecule has 0 amide bonds. The molecule has 8 heteroatoms. The molecular weight excluding hydrogens is 364 g/mol. The average molecular weight is 393 g/mol. The highest BCUT2D eigenvalue weighted by Gasteiger charge is 2.13. The van der Waals surface area contributed by atoms with E-state index in [0.29, 0.717) is 30.3 Å². The fourth-order valence-corrected chi connectivity index (χ4v) is 3.25. The Morgan fingerprint density at radius 3 is 2.30 bits per heavy atom. The molecule has 0 saturated carbocycles. The maximum Gasteiger partial charge on any atom is 0.203 e. The molecule has 0 spiro atoms. The number of aryl methyl sites for hydroxylation is 1. The van der Waals surface area contributed by atoms with Crippen molar-refractivity contribution in [1.82, 2.24) is 15.6 Å². The molecule has 27 heavy (non-hydrogen) atoms. The van der Waals surface area contributed by atoms with E-state index in [1.807, 2.05) is 19.1 Å². The summed E-state index contributed by atoms with van der Waals surface area (Å²) in [6, 6.07) is 3.81. The Balaban J connectivity index is 2.11. The lowest BCUT2D eigenvalue weighted by molar-refractivity contribution is 0.324. The number of hydrogen-bond acceptors (Lipinski definition) is 6. The first kappa shape index (κ1) is 20.8. The fourth-order valence-electron chi connectivity index (χ4n) is 2.51. The molecule has 2 aromatic rings. The van der Waals surface area contributed by atoms with E-state index in [-0.39, 0.29) is 0 Å². The molecule has 0 aliphatic carbocycles. The summed E-state index contributed by atoms with van der Waals surface area (Å²) in [5, 5.41) is 9.79. The van der Waals surface area contributed by atoms with Crippen molar-refractivity contribution < 1.29 is 14.2 Å². The van der Waals surface area contributed by atoms with Gasteiger partial charge in [0.15, 0.2) is 17.5 Å². The van der Waals surface area contributed by atoms with Crippen LogP contribution in [0.3, 0.4) is 0 Å². The van der Waals surface area contributed by atoms with E-state index < -0.39 is 0 Å². The highest BCUT2D eigenvalue weighted by molar-refractivity contribution is 7.09. The fraction of sp³-hybridized carbons (Fsp3) is 0.474. The highest BCUT2D eigenvalue weighted by Crippen LogP contribution is 2.38. The van der Waals surface area contributed by atoms with Crippen LogP contribution in [0.1, 0.15) is 30.1 Å². The Morgan fingerprint density at radius 2 is 1.78 bits per heavy atom. The van der Waals surface area contributed by atoms with Crippen LogP contribution >= 0.6 is 11.3 Å². The van der Waals surface area contributed by atoms with Gasteiger partial charge in [-0.05, 0) is 31.0 Å². The lowest BCUT2D eigenvalue weighted by Crippen LogP contribution is -2.36.